The molecule has 0 saturated heterocycles. The van der Waals surface area contributed by atoms with Crippen molar-refractivity contribution in [3.63, 3.8) is 0 Å². The second kappa shape index (κ2) is 7.25. The number of nitrogens with zero attached hydrogens (tertiary/aromatic N) is 5. The number of ether oxygens (including phenoxy) is 1. The van der Waals surface area contributed by atoms with Crippen LogP contribution in [0.15, 0.2) is 65.8 Å². The molecule has 1 aromatic heterocycles. The van der Waals surface area contributed by atoms with Crippen molar-refractivity contribution < 1.29 is 4.74 Å². The van der Waals surface area contributed by atoms with E-state index in [9.17, 15) is 0 Å². The lowest BCUT2D eigenvalue weighted by Gasteiger charge is -2.07. The Morgan fingerprint density at radius 1 is 1.07 bits per heavy atom. The molecule has 7 nitrogen and oxygen atoms in total. The van der Waals surface area contributed by atoms with Crippen LogP contribution < -0.4 is 10.2 Å². The summed E-state index contributed by atoms with van der Waals surface area (Å²) in [6.07, 6.45) is 1.70. The topological polar surface area (TPSA) is 77.2 Å². The normalized spacial score (nSPS) is 11.2. The average molecular weight is 358 g/mol. The number of anilines is 1. The van der Waals surface area contributed by atoms with Crippen molar-refractivity contribution in [2.75, 3.05) is 12.5 Å². The first-order chi connectivity index (χ1) is 13.3. The second-order valence-corrected chi connectivity index (χ2v) is 6.01. The van der Waals surface area contributed by atoms with Crippen LogP contribution in [-0.4, -0.2) is 33.5 Å². The molecule has 0 atom stereocenters. The predicted octanol–water partition coefficient (Wildman–Crippen LogP) is 3.58. The lowest BCUT2D eigenvalue weighted by molar-refractivity contribution is 0.411. The third-order valence-electron chi connectivity index (χ3n) is 4.27. The minimum atomic E-state index is 0.432. The van der Waals surface area contributed by atoms with Gasteiger partial charge in [0.15, 0.2) is 0 Å². The Hall–Kier alpha value is -3.74. The highest BCUT2D eigenvalue weighted by molar-refractivity contribution is 5.90. The Labute approximate surface area is 156 Å². The summed E-state index contributed by atoms with van der Waals surface area (Å²) in [6, 6.07) is 20.0. The molecule has 0 aliphatic carbocycles. The summed E-state index contributed by atoms with van der Waals surface area (Å²) in [5.41, 5.74) is 5.78. The highest BCUT2D eigenvalue weighted by atomic mass is 16.5. The van der Waals surface area contributed by atoms with Crippen molar-refractivity contribution in [1.82, 2.24) is 20.2 Å². The Morgan fingerprint density at radius 2 is 1.93 bits per heavy atom. The highest BCUT2D eigenvalue weighted by Crippen LogP contribution is 2.23. The molecule has 0 amide bonds. The number of hydrogen-bond donors (Lipinski definition) is 1. The molecule has 27 heavy (non-hydrogen) atoms. The van der Waals surface area contributed by atoms with Gasteiger partial charge in [-0.25, -0.2) is 5.43 Å². The van der Waals surface area contributed by atoms with Crippen molar-refractivity contribution in [3.8, 4) is 11.4 Å². The van der Waals surface area contributed by atoms with E-state index in [2.05, 4.69) is 38.2 Å². The number of fused-ring (bicyclic) bond motifs is 1. The Kier molecular flexibility index (Phi) is 4.49. The molecule has 7 heteroatoms. The summed E-state index contributed by atoms with van der Waals surface area (Å²) in [4.78, 5) is 0. The van der Waals surface area contributed by atoms with Gasteiger partial charge in [-0.3, -0.25) is 0 Å². The van der Waals surface area contributed by atoms with Crippen molar-refractivity contribution in [1.29, 1.82) is 0 Å². The molecule has 0 aliphatic rings. The molecule has 4 aromatic rings. The number of methoxy groups -OCH3 is 1. The number of hydrogen-bond acceptors (Lipinski definition) is 6. The molecule has 0 bridgehead atoms. The smallest absolute Gasteiger partial charge is 0.268 e. The van der Waals surface area contributed by atoms with Crippen LogP contribution >= 0.6 is 0 Å². The number of aromatic nitrogens is 4. The van der Waals surface area contributed by atoms with Gasteiger partial charge >= 0.3 is 0 Å². The molecule has 1 heterocycles. The SMILES string of the molecule is COc1cc(/C=N/Nc2nnnn2-c2cccc3ccccc23)ccc1C. The largest absolute Gasteiger partial charge is 0.496 e. The Bertz CT molecular complexity index is 1110. The number of benzene rings is 3. The summed E-state index contributed by atoms with van der Waals surface area (Å²) in [6.45, 7) is 2.00. The van der Waals surface area contributed by atoms with Crippen LogP contribution in [0.25, 0.3) is 16.5 Å². The van der Waals surface area contributed by atoms with Crippen LogP contribution in [0, 0.1) is 6.92 Å². The molecule has 0 saturated carbocycles. The van der Waals surface area contributed by atoms with Crippen LogP contribution in [0.1, 0.15) is 11.1 Å². The predicted molar refractivity (Wildman–Crippen MR) is 106 cm³/mol. The number of aryl methyl sites for hydroxylation is 1. The zero-order chi connectivity index (χ0) is 18.6. The maximum Gasteiger partial charge on any atom is 0.268 e. The lowest BCUT2D eigenvalue weighted by Crippen LogP contribution is -2.04. The molecule has 0 aliphatic heterocycles. The maximum absolute atomic E-state index is 5.34. The summed E-state index contributed by atoms with van der Waals surface area (Å²) in [7, 11) is 1.65. The van der Waals surface area contributed by atoms with E-state index >= 15 is 0 Å². The zero-order valence-corrected chi connectivity index (χ0v) is 15.0. The first-order valence-electron chi connectivity index (χ1n) is 8.46. The van der Waals surface area contributed by atoms with E-state index in [0.717, 1.165) is 33.3 Å². The number of hydrazone groups is 1. The minimum absolute atomic E-state index is 0.432. The molecule has 0 fully saturated rings. The average Bonchev–Trinajstić information content (AvgIpc) is 3.17. The maximum atomic E-state index is 5.34. The summed E-state index contributed by atoms with van der Waals surface area (Å²) in [5.74, 6) is 1.25. The van der Waals surface area contributed by atoms with Gasteiger partial charge in [-0.2, -0.15) is 9.78 Å². The Morgan fingerprint density at radius 3 is 2.81 bits per heavy atom. The molecule has 1 N–H and O–H groups in total. The molecule has 4 rings (SSSR count). The second-order valence-electron chi connectivity index (χ2n) is 6.01. The summed E-state index contributed by atoms with van der Waals surface area (Å²) in [5, 5.41) is 18.3. The monoisotopic (exact) mass is 358 g/mol. The number of rotatable bonds is 5. The van der Waals surface area contributed by atoms with Gasteiger partial charge in [0.05, 0.1) is 19.0 Å². The Balaban J connectivity index is 1.61. The minimum Gasteiger partial charge on any atom is -0.496 e. The van der Waals surface area contributed by atoms with Gasteiger partial charge in [0.2, 0.25) is 0 Å². The van der Waals surface area contributed by atoms with E-state index < -0.39 is 0 Å². The fourth-order valence-corrected chi connectivity index (χ4v) is 2.89. The van der Waals surface area contributed by atoms with Crippen molar-refractivity contribution >= 4 is 22.9 Å². The number of tetrazole rings is 1. The van der Waals surface area contributed by atoms with Gasteiger partial charge in [-0.15, -0.1) is 0 Å². The van der Waals surface area contributed by atoms with Gasteiger partial charge in [-0.1, -0.05) is 53.6 Å². The fourth-order valence-electron chi connectivity index (χ4n) is 2.89. The van der Waals surface area contributed by atoms with Crippen LogP contribution in [-0.2, 0) is 0 Å². The van der Waals surface area contributed by atoms with Crippen molar-refractivity contribution in [3.05, 3.63) is 71.8 Å². The molecule has 0 unspecified atom stereocenters. The first-order valence-corrected chi connectivity index (χ1v) is 8.46. The van der Waals surface area contributed by atoms with Gasteiger partial charge in [0.25, 0.3) is 5.95 Å². The van der Waals surface area contributed by atoms with Crippen molar-refractivity contribution in [2.45, 2.75) is 6.92 Å². The standard InChI is InChI=1S/C20H18N6O/c1-14-10-11-15(12-19(14)27-2)13-21-22-20-23-24-25-26(20)18-9-5-7-16-6-3-4-8-17(16)18/h3-13H,1-2H3,(H,22,23,25)/b21-13+. The first kappa shape index (κ1) is 16.7. The fraction of sp³-hybridized carbons (Fsp3) is 0.100. The van der Waals surface area contributed by atoms with E-state index in [1.165, 1.54) is 0 Å². The molecule has 3 aromatic carbocycles. The van der Waals surface area contributed by atoms with Gasteiger partial charge < -0.3 is 4.74 Å². The van der Waals surface area contributed by atoms with E-state index in [1.807, 2.05) is 55.5 Å². The molecular formula is C20H18N6O. The molecular weight excluding hydrogens is 340 g/mol. The molecule has 134 valence electrons. The zero-order valence-electron chi connectivity index (χ0n) is 15.0. The van der Waals surface area contributed by atoms with Gasteiger partial charge in [0, 0.05) is 5.39 Å². The summed E-state index contributed by atoms with van der Waals surface area (Å²) >= 11 is 0. The van der Waals surface area contributed by atoms with Crippen LogP contribution in [0.3, 0.4) is 0 Å². The molecule has 0 spiro atoms. The van der Waals surface area contributed by atoms with Crippen molar-refractivity contribution in [2.24, 2.45) is 5.10 Å². The number of nitrogens with one attached hydrogen (secondary N) is 1. The van der Waals surface area contributed by atoms with Crippen LogP contribution in [0.4, 0.5) is 5.95 Å². The third kappa shape index (κ3) is 3.35. The third-order valence-corrected chi connectivity index (χ3v) is 4.27. The highest BCUT2D eigenvalue weighted by Gasteiger charge is 2.10. The molecule has 0 radical (unpaired) electrons. The van der Waals surface area contributed by atoms with E-state index in [1.54, 1.807) is 18.0 Å². The van der Waals surface area contributed by atoms with E-state index in [4.69, 9.17) is 4.74 Å². The van der Waals surface area contributed by atoms with E-state index in [-0.39, 0.29) is 0 Å². The van der Waals surface area contributed by atoms with Crippen LogP contribution in [0.2, 0.25) is 0 Å². The summed E-state index contributed by atoms with van der Waals surface area (Å²) < 4.78 is 6.97. The van der Waals surface area contributed by atoms with Crippen LogP contribution in [0.5, 0.6) is 5.75 Å². The van der Waals surface area contributed by atoms with Gasteiger partial charge in [-0.05, 0) is 46.0 Å². The van der Waals surface area contributed by atoms with E-state index in [0.29, 0.717) is 5.95 Å². The quantitative estimate of drug-likeness (QED) is 0.436. The van der Waals surface area contributed by atoms with Gasteiger partial charge in [0.1, 0.15) is 5.75 Å². The lowest BCUT2D eigenvalue weighted by atomic mass is 10.1.